The molecule has 2 atom stereocenters. The summed E-state index contributed by atoms with van der Waals surface area (Å²) in [5.41, 5.74) is 0.633. The summed E-state index contributed by atoms with van der Waals surface area (Å²) in [5, 5.41) is 12.9. The van der Waals surface area contributed by atoms with Crippen LogP contribution in [0.3, 0.4) is 0 Å². The molecule has 0 bridgehead atoms. The summed E-state index contributed by atoms with van der Waals surface area (Å²) in [6, 6.07) is 5.10. The van der Waals surface area contributed by atoms with Crippen LogP contribution in [-0.4, -0.2) is 48.8 Å². The summed E-state index contributed by atoms with van der Waals surface area (Å²) in [5.74, 6) is 0.659. The summed E-state index contributed by atoms with van der Waals surface area (Å²) in [6.07, 6.45) is -0.349. The van der Waals surface area contributed by atoms with Gasteiger partial charge in [-0.3, -0.25) is 9.69 Å². The standard InChI is InChI=1S/C14H19ClN2O3/c1-9-6-17(7-12(9)18)8-14(19)16-10-3-4-13(20-2)11(15)5-10/h3-5,9,12,18H,6-8H2,1-2H3,(H,16,19)/t9-,12+/m1/s1. The molecule has 20 heavy (non-hydrogen) atoms. The van der Waals surface area contributed by atoms with Gasteiger partial charge < -0.3 is 15.2 Å². The second-order valence-corrected chi connectivity index (χ2v) is 5.54. The number of nitrogens with zero attached hydrogens (tertiary/aromatic N) is 1. The minimum atomic E-state index is -0.349. The lowest BCUT2D eigenvalue weighted by Crippen LogP contribution is -2.32. The maximum absolute atomic E-state index is 11.9. The first-order valence-electron chi connectivity index (χ1n) is 6.53. The van der Waals surface area contributed by atoms with Gasteiger partial charge in [0.25, 0.3) is 0 Å². The number of β-amino-alcohol motifs (C(OH)–C–C–N with tert-alkyl or cyclic N) is 1. The van der Waals surface area contributed by atoms with E-state index in [9.17, 15) is 9.90 Å². The maximum atomic E-state index is 11.9. The zero-order valence-electron chi connectivity index (χ0n) is 11.6. The van der Waals surface area contributed by atoms with Gasteiger partial charge in [-0.25, -0.2) is 0 Å². The van der Waals surface area contributed by atoms with Crippen molar-refractivity contribution in [1.29, 1.82) is 0 Å². The molecule has 1 heterocycles. The van der Waals surface area contributed by atoms with Crippen molar-refractivity contribution < 1.29 is 14.6 Å². The molecule has 0 aliphatic carbocycles. The maximum Gasteiger partial charge on any atom is 0.238 e. The summed E-state index contributed by atoms with van der Waals surface area (Å²) in [7, 11) is 1.54. The van der Waals surface area contributed by atoms with E-state index >= 15 is 0 Å². The first-order chi connectivity index (χ1) is 9.49. The van der Waals surface area contributed by atoms with Gasteiger partial charge in [0.05, 0.1) is 24.8 Å². The number of carbonyl (C=O) groups is 1. The smallest absolute Gasteiger partial charge is 0.238 e. The monoisotopic (exact) mass is 298 g/mol. The molecule has 2 N–H and O–H groups in total. The average molecular weight is 299 g/mol. The molecule has 0 spiro atoms. The second-order valence-electron chi connectivity index (χ2n) is 5.14. The zero-order chi connectivity index (χ0) is 14.7. The molecule has 6 heteroatoms. The first-order valence-corrected chi connectivity index (χ1v) is 6.91. The molecule has 1 aromatic rings. The summed E-state index contributed by atoms with van der Waals surface area (Å²) >= 11 is 6.00. The van der Waals surface area contributed by atoms with Crippen LogP contribution in [0.4, 0.5) is 5.69 Å². The van der Waals surface area contributed by atoms with Crippen molar-refractivity contribution >= 4 is 23.2 Å². The highest BCUT2D eigenvalue weighted by molar-refractivity contribution is 6.32. The Morgan fingerprint density at radius 2 is 2.30 bits per heavy atom. The highest BCUT2D eigenvalue weighted by atomic mass is 35.5. The molecule has 110 valence electrons. The van der Waals surface area contributed by atoms with Gasteiger partial charge in [-0.15, -0.1) is 0 Å². The SMILES string of the molecule is COc1ccc(NC(=O)CN2C[C@@H](C)[C@@H](O)C2)cc1Cl. The number of hydrogen-bond donors (Lipinski definition) is 2. The lowest BCUT2D eigenvalue weighted by molar-refractivity contribution is -0.117. The fourth-order valence-electron chi connectivity index (χ4n) is 2.32. The Hall–Kier alpha value is -1.30. The Morgan fingerprint density at radius 3 is 2.85 bits per heavy atom. The molecule has 0 aromatic heterocycles. The number of benzene rings is 1. The summed E-state index contributed by atoms with van der Waals surface area (Å²) in [4.78, 5) is 13.9. The van der Waals surface area contributed by atoms with Gasteiger partial charge in [0, 0.05) is 18.8 Å². The van der Waals surface area contributed by atoms with Gasteiger partial charge in [0.2, 0.25) is 5.91 Å². The van der Waals surface area contributed by atoms with Crippen LogP contribution >= 0.6 is 11.6 Å². The third kappa shape index (κ3) is 3.62. The molecule has 1 aliphatic rings. The number of ether oxygens (including phenoxy) is 1. The number of likely N-dealkylation sites (tertiary alicyclic amines) is 1. The molecule has 0 radical (unpaired) electrons. The molecule has 2 rings (SSSR count). The first kappa shape index (κ1) is 15.1. The molecule has 1 aliphatic heterocycles. The van der Waals surface area contributed by atoms with Crippen molar-refractivity contribution in [2.24, 2.45) is 5.92 Å². The van der Waals surface area contributed by atoms with E-state index in [-0.39, 0.29) is 24.5 Å². The van der Waals surface area contributed by atoms with Gasteiger partial charge >= 0.3 is 0 Å². The van der Waals surface area contributed by atoms with Crippen LogP contribution < -0.4 is 10.1 Å². The predicted molar refractivity (Wildman–Crippen MR) is 78.2 cm³/mol. The number of halogens is 1. The average Bonchev–Trinajstić information content (AvgIpc) is 2.68. The van der Waals surface area contributed by atoms with Crippen molar-refractivity contribution in [3.8, 4) is 5.75 Å². The van der Waals surface area contributed by atoms with E-state index < -0.39 is 0 Å². The second kappa shape index (κ2) is 6.43. The van der Waals surface area contributed by atoms with Crippen LogP contribution in [0.15, 0.2) is 18.2 Å². The fraction of sp³-hybridized carbons (Fsp3) is 0.500. The molecule has 1 aromatic carbocycles. The topological polar surface area (TPSA) is 61.8 Å². The minimum Gasteiger partial charge on any atom is -0.495 e. The third-order valence-electron chi connectivity index (χ3n) is 3.45. The van der Waals surface area contributed by atoms with E-state index in [1.54, 1.807) is 25.3 Å². The van der Waals surface area contributed by atoms with Crippen LogP contribution in [0.25, 0.3) is 0 Å². The summed E-state index contributed by atoms with van der Waals surface area (Å²) < 4.78 is 5.06. The Labute approximate surface area is 123 Å². The summed E-state index contributed by atoms with van der Waals surface area (Å²) in [6.45, 7) is 3.52. The predicted octanol–water partition coefficient (Wildman–Crippen LogP) is 1.60. The van der Waals surface area contributed by atoms with Crippen LogP contribution in [0, 0.1) is 5.92 Å². The van der Waals surface area contributed by atoms with E-state index in [1.165, 1.54) is 0 Å². The Bertz CT molecular complexity index is 485. The van der Waals surface area contributed by atoms with Crippen LogP contribution in [0.5, 0.6) is 5.75 Å². The van der Waals surface area contributed by atoms with Gasteiger partial charge in [-0.05, 0) is 24.1 Å². The van der Waals surface area contributed by atoms with Crippen molar-refractivity contribution in [1.82, 2.24) is 4.90 Å². The van der Waals surface area contributed by atoms with Crippen molar-refractivity contribution in [3.63, 3.8) is 0 Å². The Kier molecular flexibility index (Phi) is 4.86. The van der Waals surface area contributed by atoms with Crippen molar-refractivity contribution in [2.75, 3.05) is 32.1 Å². The number of methoxy groups -OCH3 is 1. The number of aliphatic hydroxyl groups excluding tert-OH is 1. The van der Waals surface area contributed by atoms with Crippen LogP contribution in [0.1, 0.15) is 6.92 Å². The molecular formula is C14H19ClN2O3. The number of amides is 1. The molecule has 0 unspecified atom stereocenters. The van der Waals surface area contributed by atoms with E-state index in [2.05, 4.69) is 5.32 Å². The van der Waals surface area contributed by atoms with Gasteiger partial charge in [-0.1, -0.05) is 18.5 Å². The van der Waals surface area contributed by atoms with Crippen LogP contribution in [0.2, 0.25) is 5.02 Å². The minimum absolute atomic E-state index is 0.118. The van der Waals surface area contributed by atoms with E-state index in [1.807, 2.05) is 11.8 Å². The Balaban J connectivity index is 1.90. The molecule has 1 amide bonds. The van der Waals surface area contributed by atoms with Crippen LogP contribution in [-0.2, 0) is 4.79 Å². The Morgan fingerprint density at radius 1 is 1.55 bits per heavy atom. The van der Waals surface area contributed by atoms with Gasteiger partial charge in [0.1, 0.15) is 5.75 Å². The largest absolute Gasteiger partial charge is 0.495 e. The quantitative estimate of drug-likeness (QED) is 0.886. The van der Waals surface area contributed by atoms with Crippen molar-refractivity contribution in [2.45, 2.75) is 13.0 Å². The third-order valence-corrected chi connectivity index (χ3v) is 3.75. The lowest BCUT2D eigenvalue weighted by Gasteiger charge is -2.15. The van der Waals surface area contributed by atoms with E-state index in [0.717, 1.165) is 6.54 Å². The van der Waals surface area contributed by atoms with Crippen molar-refractivity contribution in [3.05, 3.63) is 23.2 Å². The molecule has 0 saturated carbocycles. The molecule has 1 fully saturated rings. The van der Waals surface area contributed by atoms with Gasteiger partial charge in [-0.2, -0.15) is 0 Å². The molecule has 5 nitrogen and oxygen atoms in total. The zero-order valence-corrected chi connectivity index (χ0v) is 12.4. The number of carbonyl (C=O) groups excluding carboxylic acids is 1. The highest BCUT2D eigenvalue weighted by Crippen LogP contribution is 2.27. The van der Waals surface area contributed by atoms with Gasteiger partial charge in [0.15, 0.2) is 0 Å². The van der Waals surface area contributed by atoms with E-state index in [4.69, 9.17) is 16.3 Å². The number of aliphatic hydroxyl groups is 1. The fourth-order valence-corrected chi connectivity index (χ4v) is 2.58. The van der Waals surface area contributed by atoms with E-state index in [0.29, 0.717) is 23.0 Å². The number of hydrogen-bond acceptors (Lipinski definition) is 4. The lowest BCUT2D eigenvalue weighted by atomic mass is 10.1. The number of rotatable bonds is 4. The number of anilines is 1. The molecular weight excluding hydrogens is 280 g/mol. The normalized spacial score (nSPS) is 22.8. The number of nitrogens with one attached hydrogen (secondary N) is 1. The molecule has 1 saturated heterocycles. The highest BCUT2D eigenvalue weighted by Gasteiger charge is 2.28.